The molecule has 0 aliphatic heterocycles. The summed E-state index contributed by atoms with van der Waals surface area (Å²) in [6.45, 7) is 18.1. The van der Waals surface area contributed by atoms with Crippen LogP contribution in [0.25, 0.3) is 0 Å². The second kappa shape index (κ2) is 10.7. The van der Waals surface area contributed by atoms with Crippen LogP contribution in [0.2, 0.25) is 0 Å². The van der Waals surface area contributed by atoms with Gasteiger partial charge in [-0.1, -0.05) is 12.2 Å². The molecule has 0 bridgehead atoms. The third-order valence-electron chi connectivity index (χ3n) is 5.78. The summed E-state index contributed by atoms with van der Waals surface area (Å²) < 4.78 is 19.9. The van der Waals surface area contributed by atoms with Gasteiger partial charge >= 0.3 is 23.9 Å². The van der Waals surface area contributed by atoms with Gasteiger partial charge in [0.25, 0.3) is 0 Å². The summed E-state index contributed by atoms with van der Waals surface area (Å²) in [4.78, 5) is 46.8. The van der Waals surface area contributed by atoms with Crippen molar-refractivity contribution in [3.63, 3.8) is 0 Å². The zero-order chi connectivity index (χ0) is 26.5. The van der Waals surface area contributed by atoms with Crippen LogP contribution in [0, 0.1) is 22.7 Å². The molecule has 4 atom stereocenters. The number of allylic oxidation sites excluding steroid dienone is 2. The molecule has 8 nitrogen and oxygen atoms in total. The quantitative estimate of drug-likeness (QED) is 0.290. The third-order valence-corrected chi connectivity index (χ3v) is 5.78. The Morgan fingerprint density at radius 1 is 0.735 bits per heavy atom. The number of methoxy groups -OCH3 is 2. The lowest BCUT2D eigenvalue weighted by Crippen LogP contribution is -2.29. The van der Waals surface area contributed by atoms with Gasteiger partial charge in [0.15, 0.2) is 0 Å². The highest BCUT2D eigenvalue weighted by atomic mass is 16.6. The van der Waals surface area contributed by atoms with Gasteiger partial charge in [0.2, 0.25) is 0 Å². The summed E-state index contributed by atoms with van der Waals surface area (Å²) >= 11 is 0. The number of esters is 4. The predicted molar refractivity (Wildman–Crippen MR) is 126 cm³/mol. The minimum atomic E-state index is -0.737. The zero-order valence-corrected chi connectivity index (χ0v) is 21.8. The largest absolute Gasteiger partial charge is 0.469 e. The lowest BCUT2D eigenvalue weighted by Gasteiger charge is -2.21. The van der Waals surface area contributed by atoms with Crippen LogP contribution in [0.15, 0.2) is 25.3 Å². The summed E-state index contributed by atoms with van der Waals surface area (Å²) in [6, 6.07) is 0. The van der Waals surface area contributed by atoms with Crippen molar-refractivity contribution >= 4 is 23.9 Å². The predicted octanol–water partition coefficient (Wildman–Crippen LogP) is 4.17. The van der Waals surface area contributed by atoms with E-state index in [1.54, 1.807) is 53.7 Å². The molecular weight excluding hydrogens is 440 g/mol. The number of carbonyl (C=O) groups is 4. The maximum atomic E-state index is 11.7. The first kappa shape index (κ1) is 29.4. The Morgan fingerprint density at radius 2 is 1.03 bits per heavy atom. The van der Waals surface area contributed by atoms with Crippen LogP contribution in [-0.2, 0) is 38.1 Å². The molecule has 2 aliphatic rings. The number of hydrogen-bond donors (Lipinski definition) is 0. The van der Waals surface area contributed by atoms with Crippen molar-refractivity contribution in [2.24, 2.45) is 22.7 Å². The average molecular weight is 481 g/mol. The smallest absolute Gasteiger partial charge is 0.313 e. The van der Waals surface area contributed by atoms with E-state index in [0.717, 1.165) is 0 Å². The van der Waals surface area contributed by atoms with Crippen molar-refractivity contribution in [2.45, 2.75) is 78.4 Å². The molecule has 0 spiro atoms. The summed E-state index contributed by atoms with van der Waals surface area (Å²) in [5, 5.41) is 0. The van der Waals surface area contributed by atoms with E-state index < -0.39 is 22.0 Å². The van der Waals surface area contributed by atoms with E-state index in [4.69, 9.17) is 18.9 Å². The lowest BCUT2D eigenvalue weighted by atomic mass is 9.99. The van der Waals surface area contributed by atoms with Crippen LogP contribution in [0.1, 0.15) is 67.2 Å². The van der Waals surface area contributed by atoms with Crippen LogP contribution in [0.3, 0.4) is 0 Å². The molecule has 0 radical (unpaired) electrons. The Balaban J connectivity index is 0.000000340. The average Bonchev–Trinajstić information content (AvgIpc) is 3.59. The Bertz CT molecular complexity index is 748. The van der Waals surface area contributed by atoms with Gasteiger partial charge in [-0.15, -0.1) is 13.2 Å². The highest BCUT2D eigenvalue weighted by molar-refractivity contribution is 5.87. The van der Waals surface area contributed by atoms with Crippen molar-refractivity contribution in [2.75, 3.05) is 14.2 Å². The summed E-state index contributed by atoms with van der Waals surface area (Å²) in [7, 11) is 2.66. The normalized spacial score (nSPS) is 27.2. The van der Waals surface area contributed by atoms with Gasteiger partial charge in [-0.25, -0.2) is 0 Å². The highest BCUT2D eigenvalue weighted by Gasteiger charge is 2.61. The van der Waals surface area contributed by atoms with Gasteiger partial charge in [0.1, 0.15) is 11.2 Å². The second-order valence-electron chi connectivity index (χ2n) is 10.9. The van der Waals surface area contributed by atoms with Gasteiger partial charge in [-0.2, -0.15) is 0 Å². The Morgan fingerprint density at radius 3 is 1.21 bits per heavy atom. The van der Waals surface area contributed by atoms with E-state index in [1.807, 2.05) is 0 Å². The second-order valence-corrected chi connectivity index (χ2v) is 10.9. The number of carbonyl (C=O) groups excluding carboxylic acids is 4. The van der Waals surface area contributed by atoms with Crippen molar-refractivity contribution in [3.05, 3.63) is 25.3 Å². The summed E-state index contributed by atoms with van der Waals surface area (Å²) in [6.07, 6.45) is 4.74. The Kier molecular flexibility index (Phi) is 9.29. The molecular formula is C26H40O8. The molecule has 8 heteroatoms. The molecule has 2 rings (SSSR count). The molecule has 34 heavy (non-hydrogen) atoms. The number of ether oxygens (including phenoxy) is 4. The molecule has 0 saturated heterocycles. The maximum absolute atomic E-state index is 11.7. The first-order valence-corrected chi connectivity index (χ1v) is 11.4. The standard InChI is InChI=1S/2C13H20O4/c2*1-6-9-7-13(9,11(15)16-5)8-10(14)17-12(2,3)4/h2*6,9H,1,7-8H2,2-5H3/t2*9-,13-/m11/s1. The Hall–Kier alpha value is -2.64. The van der Waals surface area contributed by atoms with Gasteiger partial charge < -0.3 is 18.9 Å². The molecule has 0 N–H and O–H groups in total. The Labute approximate surface area is 203 Å². The molecule has 0 aromatic heterocycles. The van der Waals surface area contributed by atoms with Crippen molar-refractivity contribution in [1.29, 1.82) is 0 Å². The zero-order valence-electron chi connectivity index (χ0n) is 21.8. The fraction of sp³-hybridized carbons (Fsp3) is 0.692. The SMILES string of the molecule is C=C[C@@H]1C[C@]1(CC(=O)OC(C)(C)C)C(=O)OC.C=C[C@@H]1C[C@]1(CC(=O)OC(C)(C)C)C(=O)OC. The van der Waals surface area contributed by atoms with E-state index in [1.165, 1.54) is 14.2 Å². The summed E-state index contributed by atoms with van der Waals surface area (Å²) in [5.74, 6) is -1.41. The first-order valence-electron chi connectivity index (χ1n) is 11.4. The summed E-state index contributed by atoms with van der Waals surface area (Å²) in [5.41, 5.74) is -2.54. The van der Waals surface area contributed by atoms with E-state index in [9.17, 15) is 19.2 Å². The monoisotopic (exact) mass is 480 g/mol. The third kappa shape index (κ3) is 7.71. The molecule has 2 fully saturated rings. The van der Waals surface area contributed by atoms with Gasteiger partial charge in [0, 0.05) is 0 Å². The minimum Gasteiger partial charge on any atom is -0.469 e. The molecule has 0 aromatic carbocycles. The van der Waals surface area contributed by atoms with Crippen LogP contribution in [-0.4, -0.2) is 49.3 Å². The van der Waals surface area contributed by atoms with E-state index in [0.29, 0.717) is 12.8 Å². The molecule has 0 heterocycles. The topological polar surface area (TPSA) is 105 Å². The van der Waals surface area contributed by atoms with Gasteiger partial charge in [-0.05, 0) is 66.2 Å². The van der Waals surface area contributed by atoms with Crippen LogP contribution >= 0.6 is 0 Å². The van der Waals surface area contributed by atoms with Crippen LogP contribution in [0.4, 0.5) is 0 Å². The van der Waals surface area contributed by atoms with E-state index in [-0.39, 0.29) is 48.6 Å². The van der Waals surface area contributed by atoms with Crippen molar-refractivity contribution in [1.82, 2.24) is 0 Å². The van der Waals surface area contributed by atoms with Gasteiger partial charge in [0.05, 0.1) is 37.9 Å². The number of rotatable bonds is 8. The van der Waals surface area contributed by atoms with Crippen molar-refractivity contribution in [3.8, 4) is 0 Å². The van der Waals surface area contributed by atoms with Crippen LogP contribution < -0.4 is 0 Å². The molecule has 192 valence electrons. The highest BCUT2D eigenvalue weighted by Crippen LogP contribution is 2.57. The van der Waals surface area contributed by atoms with E-state index >= 15 is 0 Å². The maximum Gasteiger partial charge on any atom is 0.313 e. The van der Waals surface area contributed by atoms with Crippen molar-refractivity contribution < 1.29 is 38.1 Å². The van der Waals surface area contributed by atoms with Gasteiger partial charge in [-0.3, -0.25) is 19.2 Å². The lowest BCUT2D eigenvalue weighted by molar-refractivity contribution is -0.162. The molecule has 2 aliphatic carbocycles. The molecule has 0 amide bonds. The molecule has 2 saturated carbocycles. The first-order chi connectivity index (χ1) is 15.5. The van der Waals surface area contributed by atoms with E-state index in [2.05, 4.69) is 13.2 Å². The fourth-order valence-corrected chi connectivity index (χ4v) is 3.98. The minimum absolute atomic E-state index is 0.0162. The number of hydrogen-bond acceptors (Lipinski definition) is 8. The van der Waals surface area contributed by atoms with Crippen LogP contribution in [0.5, 0.6) is 0 Å². The molecule has 0 aromatic rings. The molecule has 0 unspecified atom stereocenters. The fourth-order valence-electron chi connectivity index (χ4n) is 3.98.